The van der Waals surface area contributed by atoms with Crippen LogP contribution >= 0.6 is 0 Å². The fraction of sp³-hybridized carbons (Fsp3) is 0.415. The number of nitrogens with zero attached hydrogens (tertiary/aromatic N) is 2. The molecule has 0 saturated heterocycles. The maximum Gasteiger partial charge on any atom is 0.201 e. The molecule has 0 spiro atoms. The van der Waals surface area contributed by atoms with E-state index < -0.39 is 5.41 Å². The number of ether oxygens (including phenoxy) is 2. The summed E-state index contributed by atoms with van der Waals surface area (Å²) >= 11 is 0. The highest BCUT2D eigenvalue weighted by molar-refractivity contribution is 6.07. The predicted molar refractivity (Wildman–Crippen MR) is 276 cm³/mol. The van der Waals surface area contributed by atoms with Crippen molar-refractivity contribution in [3.05, 3.63) is 214 Å². The number of hydrogen-bond acceptors (Lipinski definition) is 4. The third kappa shape index (κ3) is 7.45. The molecule has 0 N–H and O–H groups in total. The van der Waals surface area contributed by atoms with Crippen LogP contribution in [0.3, 0.4) is 0 Å². The van der Waals surface area contributed by atoms with Crippen molar-refractivity contribution in [3.8, 4) is 0 Å². The van der Waals surface area contributed by atoms with Gasteiger partial charge in [0.2, 0.25) is 11.8 Å². The van der Waals surface area contributed by atoms with E-state index in [-0.39, 0.29) is 24.3 Å². The SMILES string of the molecule is c1ccc(C2N=C(C(Cc3ccc(C45CC6CC(CC(C6)C4)C5)cc3)(Cc3ccc(C45CC6CC(CC(C6)C4)C5)cc3)C3=NC(c4ccccc4)C(c4ccccc4)O3)OC2c2ccccc2)cc1. The second kappa shape index (κ2) is 16.7. The van der Waals surface area contributed by atoms with Crippen LogP contribution in [0.1, 0.15) is 146 Å². The summed E-state index contributed by atoms with van der Waals surface area (Å²) in [4.78, 5) is 11.7. The molecule has 69 heavy (non-hydrogen) atoms. The summed E-state index contributed by atoms with van der Waals surface area (Å²) in [5.74, 6) is 6.85. The van der Waals surface area contributed by atoms with Gasteiger partial charge >= 0.3 is 0 Å². The van der Waals surface area contributed by atoms with Gasteiger partial charge in [-0.3, -0.25) is 0 Å². The molecule has 0 aromatic heterocycles. The summed E-state index contributed by atoms with van der Waals surface area (Å²) in [7, 11) is 0. The lowest BCUT2D eigenvalue weighted by atomic mass is 9.48. The van der Waals surface area contributed by atoms with Gasteiger partial charge in [-0.1, -0.05) is 170 Å². The lowest BCUT2D eigenvalue weighted by Gasteiger charge is -2.57. The average Bonchev–Trinajstić information content (AvgIpc) is 4.05. The molecule has 16 rings (SSSR count). The number of aliphatic imine (C=N–C) groups is 2. The summed E-state index contributed by atoms with van der Waals surface area (Å²) in [5.41, 5.74) is 9.99. The van der Waals surface area contributed by atoms with Crippen molar-refractivity contribution in [1.29, 1.82) is 0 Å². The molecule has 4 unspecified atom stereocenters. The average molecular weight is 907 g/mol. The molecule has 0 amide bonds. The Morgan fingerprint density at radius 3 is 0.957 bits per heavy atom. The van der Waals surface area contributed by atoms with Crippen LogP contribution in [-0.4, -0.2) is 11.8 Å². The van der Waals surface area contributed by atoms with Gasteiger partial charge in [-0.15, -0.1) is 0 Å². The normalized spacial score (nSPS) is 34.4. The first-order valence-electron chi connectivity index (χ1n) is 26.8. The Bertz CT molecular complexity index is 2580. The summed E-state index contributed by atoms with van der Waals surface area (Å²) in [5, 5.41) is 0. The van der Waals surface area contributed by atoms with Crippen molar-refractivity contribution >= 4 is 11.8 Å². The summed E-state index contributed by atoms with van der Waals surface area (Å²) in [6, 6.07) is 62.5. The van der Waals surface area contributed by atoms with Crippen molar-refractivity contribution in [2.75, 3.05) is 0 Å². The molecular weight excluding hydrogens is 841 g/mol. The molecule has 8 aliphatic carbocycles. The minimum atomic E-state index is -0.864. The van der Waals surface area contributed by atoms with Crippen LogP contribution < -0.4 is 0 Å². The Balaban J connectivity index is 0.924. The smallest absolute Gasteiger partial charge is 0.201 e. The van der Waals surface area contributed by atoms with Gasteiger partial charge in [0.05, 0.1) is 0 Å². The molecule has 6 aromatic carbocycles. The van der Waals surface area contributed by atoms with Crippen molar-refractivity contribution in [3.63, 3.8) is 0 Å². The highest BCUT2D eigenvalue weighted by Gasteiger charge is 2.56. The minimum absolute atomic E-state index is 0.239. The monoisotopic (exact) mass is 907 g/mol. The van der Waals surface area contributed by atoms with Gasteiger partial charge in [-0.25, -0.2) is 9.98 Å². The molecule has 4 nitrogen and oxygen atoms in total. The molecule has 2 aliphatic heterocycles. The van der Waals surface area contributed by atoms with Crippen LogP contribution in [0, 0.1) is 40.9 Å². The van der Waals surface area contributed by atoms with E-state index in [2.05, 4.69) is 170 Å². The summed E-state index contributed by atoms with van der Waals surface area (Å²) in [6.07, 6.45) is 17.6. The van der Waals surface area contributed by atoms with Crippen LogP contribution in [0.25, 0.3) is 0 Å². The van der Waals surface area contributed by atoms with Gasteiger partial charge in [0, 0.05) is 0 Å². The molecule has 8 bridgehead atoms. The third-order valence-electron chi connectivity index (χ3n) is 19.1. The maximum atomic E-state index is 7.58. The topological polar surface area (TPSA) is 43.2 Å². The molecule has 8 fully saturated rings. The lowest BCUT2D eigenvalue weighted by Crippen LogP contribution is -2.48. The zero-order chi connectivity index (χ0) is 45.6. The van der Waals surface area contributed by atoms with Gasteiger partial charge in [-0.05, 0) is 181 Å². The predicted octanol–water partition coefficient (Wildman–Crippen LogP) is 15.2. The molecule has 10 aliphatic rings. The second-order valence-corrected chi connectivity index (χ2v) is 23.7. The van der Waals surface area contributed by atoms with Crippen molar-refractivity contribution in [2.45, 2.75) is 125 Å². The highest BCUT2D eigenvalue weighted by atomic mass is 16.5. The zero-order valence-electron chi connectivity index (χ0n) is 40.0. The quantitative estimate of drug-likeness (QED) is 0.123. The van der Waals surface area contributed by atoms with E-state index in [4.69, 9.17) is 19.5 Å². The van der Waals surface area contributed by atoms with Gasteiger partial charge in [0.1, 0.15) is 17.5 Å². The van der Waals surface area contributed by atoms with E-state index in [1.807, 2.05) is 0 Å². The standard InChI is InChI=1S/C65H66N2O2/c1-5-13-51(14-6-1)57-59(53-17-9-3-10-18-53)68-61(66-57)65(62-67-58(52-15-7-2-8-16-52)60(69-62)54-19-11-4-12-20-54,41-43-21-25-55(26-22-43)63-35-45-29-46(36-63)31-47(30-45)37-63)42-44-23-27-56(28-24-44)64-38-48-32-49(39-64)34-50(33-48)40-64/h1-28,45-50,57-60H,29-42H2. The van der Waals surface area contributed by atoms with Crippen LogP contribution in [0.2, 0.25) is 0 Å². The molecule has 8 saturated carbocycles. The van der Waals surface area contributed by atoms with E-state index in [1.54, 1.807) is 11.1 Å². The molecule has 6 aromatic rings. The van der Waals surface area contributed by atoms with Crippen molar-refractivity contribution in [2.24, 2.45) is 50.9 Å². The fourth-order valence-electron chi connectivity index (χ4n) is 16.9. The van der Waals surface area contributed by atoms with Crippen molar-refractivity contribution in [1.82, 2.24) is 0 Å². The van der Waals surface area contributed by atoms with Gasteiger partial charge in [0.25, 0.3) is 0 Å². The van der Waals surface area contributed by atoms with Gasteiger partial charge in [-0.2, -0.15) is 0 Å². The summed E-state index contributed by atoms with van der Waals surface area (Å²) in [6.45, 7) is 0. The molecule has 4 atom stereocenters. The third-order valence-corrected chi connectivity index (χ3v) is 19.1. The largest absolute Gasteiger partial charge is 0.469 e. The molecular formula is C65H66N2O2. The first-order valence-corrected chi connectivity index (χ1v) is 26.8. The first-order chi connectivity index (χ1) is 33.9. The van der Waals surface area contributed by atoms with Crippen LogP contribution in [0.15, 0.2) is 180 Å². The number of benzene rings is 6. The molecule has 348 valence electrons. The van der Waals surface area contributed by atoms with Crippen LogP contribution in [0.5, 0.6) is 0 Å². The van der Waals surface area contributed by atoms with E-state index in [1.165, 1.54) is 88.2 Å². The Hall–Kier alpha value is -5.74. The number of hydrogen-bond donors (Lipinski definition) is 0. The Morgan fingerprint density at radius 1 is 0.362 bits per heavy atom. The fourth-order valence-corrected chi connectivity index (χ4v) is 16.9. The van der Waals surface area contributed by atoms with Gasteiger partial charge < -0.3 is 9.47 Å². The Morgan fingerprint density at radius 2 is 0.652 bits per heavy atom. The maximum absolute atomic E-state index is 7.58. The van der Waals surface area contributed by atoms with E-state index >= 15 is 0 Å². The van der Waals surface area contributed by atoms with Crippen molar-refractivity contribution < 1.29 is 9.47 Å². The zero-order valence-corrected chi connectivity index (χ0v) is 40.0. The lowest BCUT2D eigenvalue weighted by molar-refractivity contribution is -0.00531. The van der Waals surface area contributed by atoms with E-state index in [0.29, 0.717) is 23.7 Å². The van der Waals surface area contributed by atoms with E-state index in [9.17, 15) is 0 Å². The Kier molecular flexibility index (Phi) is 10.2. The molecule has 2 heterocycles. The molecule has 0 radical (unpaired) electrons. The highest BCUT2D eigenvalue weighted by Crippen LogP contribution is 2.62. The molecule has 4 heteroatoms. The van der Waals surface area contributed by atoms with E-state index in [0.717, 1.165) is 69.6 Å². The minimum Gasteiger partial charge on any atom is -0.469 e. The Labute approximate surface area is 409 Å². The second-order valence-electron chi connectivity index (χ2n) is 23.7. The van der Waals surface area contributed by atoms with Gasteiger partial charge in [0.15, 0.2) is 12.2 Å². The number of rotatable bonds is 12. The van der Waals surface area contributed by atoms with Crippen LogP contribution in [0.4, 0.5) is 0 Å². The summed E-state index contributed by atoms with van der Waals surface area (Å²) < 4.78 is 15.2. The van der Waals surface area contributed by atoms with Crippen LogP contribution in [-0.2, 0) is 33.1 Å². The first kappa shape index (κ1) is 42.2.